The number of benzene rings is 1. The quantitative estimate of drug-likeness (QED) is 0.736. The predicted octanol–water partition coefficient (Wildman–Crippen LogP) is 1.83. The fourth-order valence-electron chi connectivity index (χ4n) is 0.626. The van der Waals surface area contributed by atoms with E-state index in [9.17, 15) is 4.79 Å². The summed E-state index contributed by atoms with van der Waals surface area (Å²) in [6.07, 6.45) is 0. The van der Waals surface area contributed by atoms with Crippen molar-refractivity contribution < 1.29 is 9.90 Å². The molecule has 1 aromatic carbocycles. The van der Waals surface area contributed by atoms with Crippen molar-refractivity contribution in [2.24, 2.45) is 0 Å². The third-order valence-electron chi connectivity index (χ3n) is 1.16. The molecule has 4 nitrogen and oxygen atoms in total. The topological polar surface area (TPSA) is 87.1 Å². The van der Waals surface area contributed by atoms with E-state index >= 15 is 0 Å². The lowest BCUT2D eigenvalue weighted by atomic mass is 10.2. The van der Waals surface area contributed by atoms with Gasteiger partial charge >= 0.3 is 5.97 Å². The van der Waals surface area contributed by atoms with Gasteiger partial charge in [-0.2, -0.15) is 5.26 Å². The van der Waals surface area contributed by atoms with E-state index in [0.29, 0.717) is 5.69 Å². The van der Waals surface area contributed by atoms with E-state index in [1.54, 1.807) is 17.1 Å². The van der Waals surface area contributed by atoms with Crippen LogP contribution < -0.4 is 5.73 Å². The highest BCUT2D eigenvalue weighted by molar-refractivity contribution is 9.12. The van der Waals surface area contributed by atoms with Crippen molar-refractivity contribution in [3.8, 4) is 4.98 Å². The van der Waals surface area contributed by atoms with Crippen LogP contribution in [-0.4, -0.2) is 11.1 Å². The first kappa shape index (κ1) is 11.5. The molecule has 0 spiro atoms. The Morgan fingerprint density at radius 1 is 1.46 bits per heavy atom. The molecule has 3 N–H and O–H groups in total. The van der Waals surface area contributed by atoms with Gasteiger partial charge < -0.3 is 10.8 Å². The number of rotatable bonds is 1. The highest BCUT2D eigenvalue weighted by Crippen LogP contribution is 2.04. The first-order valence-electron chi connectivity index (χ1n) is 3.20. The second-order valence-corrected chi connectivity index (χ2v) is 2.37. The first-order valence-corrected chi connectivity index (χ1v) is 3.99. The van der Waals surface area contributed by atoms with Crippen molar-refractivity contribution in [3.05, 3.63) is 29.8 Å². The maximum Gasteiger partial charge on any atom is 0.335 e. The summed E-state index contributed by atoms with van der Waals surface area (Å²) in [5, 5.41) is 15.7. The van der Waals surface area contributed by atoms with Crippen molar-refractivity contribution in [1.82, 2.24) is 0 Å². The zero-order valence-corrected chi connectivity index (χ0v) is 8.15. The molecule has 0 radical (unpaired) electrons. The molecule has 0 saturated carbocycles. The van der Waals surface area contributed by atoms with Crippen LogP contribution in [0.1, 0.15) is 10.4 Å². The Bertz CT molecular complexity index is 316. The molecule has 1 rings (SSSR count). The maximum atomic E-state index is 10.3. The van der Waals surface area contributed by atoms with Gasteiger partial charge in [0.05, 0.1) is 5.56 Å². The molecule has 0 bridgehead atoms. The average molecular weight is 243 g/mol. The van der Waals surface area contributed by atoms with Crippen LogP contribution in [-0.2, 0) is 0 Å². The van der Waals surface area contributed by atoms with Crippen molar-refractivity contribution >= 4 is 27.6 Å². The summed E-state index contributed by atoms with van der Waals surface area (Å²) in [5.74, 6) is -0.931. The Labute approximate surface area is 83.7 Å². The van der Waals surface area contributed by atoms with E-state index in [1.165, 1.54) is 12.1 Å². The molecular formula is C8H7BrN2O2. The monoisotopic (exact) mass is 242 g/mol. The van der Waals surface area contributed by atoms with Gasteiger partial charge in [0.1, 0.15) is 4.98 Å². The highest BCUT2D eigenvalue weighted by atomic mass is 79.9. The molecule has 0 aromatic heterocycles. The number of hydrogen-bond acceptors (Lipinski definition) is 3. The van der Waals surface area contributed by atoms with Crippen LogP contribution in [0.15, 0.2) is 24.3 Å². The summed E-state index contributed by atoms with van der Waals surface area (Å²) in [6.45, 7) is 0. The third-order valence-corrected chi connectivity index (χ3v) is 1.16. The van der Waals surface area contributed by atoms with Gasteiger partial charge in [0.25, 0.3) is 0 Å². The molecule has 0 amide bonds. The molecule has 5 heteroatoms. The van der Waals surface area contributed by atoms with Crippen LogP contribution in [0.2, 0.25) is 0 Å². The molecule has 68 valence electrons. The van der Waals surface area contributed by atoms with E-state index in [4.69, 9.17) is 16.1 Å². The summed E-state index contributed by atoms with van der Waals surface area (Å²) >= 11 is 2.45. The van der Waals surface area contributed by atoms with Gasteiger partial charge in [0, 0.05) is 21.6 Å². The number of nitrogens with zero attached hydrogens (tertiary/aromatic N) is 1. The number of carboxylic acids is 1. The largest absolute Gasteiger partial charge is 0.478 e. The van der Waals surface area contributed by atoms with Crippen LogP contribution in [0.4, 0.5) is 5.69 Å². The van der Waals surface area contributed by atoms with Gasteiger partial charge in [-0.25, -0.2) is 4.79 Å². The lowest BCUT2D eigenvalue weighted by Gasteiger charge is -1.93. The molecule has 0 saturated heterocycles. The average Bonchev–Trinajstić information content (AvgIpc) is 2.06. The van der Waals surface area contributed by atoms with Crippen molar-refractivity contribution in [2.45, 2.75) is 0 Å². The number of aromatic carboxylic acids is 1. The zero-order chi connectivity index (χ0) is 10.3. The molecule has 0 fully saturated rings. The minimum Gasteiger partial charge on any atom is -0.478 e. The number of nitrogen functional groups attached to an aromatic ring is 1. The molecule has 0 unspecified atom stereocenters. The van der Waals surface area contributed by atoms with Gasteiger partial charge in [-0.1, -0.05) is 0 Å². The Morgan fingerprint density at radius 3 is 2.15 bits per heavy atom. The van der Waals surface area contributed by atoms with Gasteiger partial charge in [-0.15, -0.1) is 0 Å². The number of anilines is 1. The minimum atomic E-state index is -0.931. The lowest BCUT2D eigenvalue weighted by Crippen LogP contribution is -1.95. The number of halogens is 1. The normalized spacial score (nSPS) is 7.69. The summed E-state index contributed by atoms with van der Waals surface area (Å²) < 4.78 is 0. The zero-order valence-electron chi connectivity index (χ0n) is 6.57. The van der Waals surface area contributed by atoms with Crippen molar-refractivity contribution in [2.75, 3.05) is 5.73 Å². The highest BCUT2D eigenvalue weighted by Gasteiger charge is 1.98. The van der Waals surface area contributed by atoms with Gasteiger partial charge in [-0.05, 0) is 24.3 Å². The number of hydrogen-bond donors (Lipinski definition) is 2. The summed E-state index contributed by atoms with van der Waals surface area (Å²) in [5.41, 5.74) is 6.17. The SMILES string of the molecule is N#CBr.Nc1ccc(C(=O)O)cc1. The Hall–Kier alpha value is -1.54. The fraction of sp³-hybridized carbons (Fsp3) is 0. The molecule has 0 aliphatic heterocycles. The Morgan fingerprint density at radius 2 is 1.85 bits per heavy atom. The smallest absolute Gasteiger partial charge is 0.335 e. The van der Waals surface area contributed by atoms with Gasteiger partial charge in [0.15, 0.2) is 0 Å². The van der Waals surface area contributed by atoms with E-state index < -0.39 is 5.97 Å². The number of carboxylic acid groups (broad SMARTS) is 1. The van der Waals surface area contributed by atoms with Gasteiger partial charge in [0.2, 0.25) is 0 Å². The number of carbonyl (C=O) groups is 1. The Balaban J connectivity index is 0.000000424. The molecule has 0 atom stereocenters. The van der Waals surface area contributed by atoms with Crippen LogP contribution >= 0.6 is 15.9 Å². The van der Waals surface area contributed by atoms with Crippen LogP contribution in [0.3, 0.4) is 0 Å². The van der Waals surface area contributed by atoms with E-state index in [-0.39, 0.29) is 5.56 Å². The molecule has 13 heavy (non-hydrogen) atoms. The molecule has 0 heterocycles. The first-order chi connectivity index (χ1) is 6.11. The summed E-state index contributed by atoms with van der Waals surface area (Å²) in [4.78, 5) is 11.8. The summed E-state index contributed by atoms with van der Waals surface area (Å²) in [7, 11) is 0. The number of nitriles is 1. The predicted molar refractivity (Wildman–Crippen MR) is 52.4 cm³/mol. The Kier molecular flexibility index (Phi) is 5.32. The second-order valence-electron chi connectivity index (χ2n) is 2.01. The van der Waals surface area contributed by atoms with Gasteiger partial charge in [-0.3, -0.25) is 0 Å². The van der Waals surface area contributed by atoms with Crippen molar-refractivity contribution in [1.29, 1.82) is 5.26 Å². The van der Waals surface area contributed by atoms with Crippen LogP contribution in [0.5, 0.6) is 0 Å². The minimum absolute atomic E-state index is 0.259. The third kappa shape index (κ3) is 4.82. The second kappa shape index (κ2) is 6.03. The van der Waals surface area contributed by atoms with E-state index in [1.807, 2.05) is 0 Å². The molecule has 0 aliphatic carbocycles. The molecule has 0 aliphatic rings. The molecule has 1 aromatic rings. The fourth-order valence-corrected chi connectivity index (χ4v) is 0.626. The van der Waals surface area contributed by atoms with E-state index in [0.717, 1.165) is 0 Å². The standard InChI is InChI=1S/C7H7NO2.CBrN/c8-6-3-1-5(2-4-6)7(9)10;2-1-3/h1-4H,8H2,(H,9,10);. The molecular weight excluding hydrogens is 236 g/mol. The van der Waals surface area contributed by atoms with Crippen molar-refractivity contribution in [3.63, 3.8) is 0 Å². The number of nitrogens with two attached hydrogens (primary N) is 1. The van der Waals surface area contributed by atoms with E-state index in [2.05, 4.69) is 15.9 Å². The lowest BCUT2D eigenvalue weighted by molar-refractivity contribution is 0.0697. The van der Waals surface area contributed by atoms with Crippen LogP contribution in [0.25, 0.3) is 0 Å². The summed E-state index contributed by atoms with van der Waals surface area (Å²) in [6, 6.07) is 6.06. The van der Waals surface area contributed by atoms with Crippen LogP contribution in [0, 0.1) is 10.2 Å². The maximum absolute atomic E-state index is 10.3.